The number of nitrogens with zero attached hydrogens (tertiary/aromatic N) is 3. The number of benzene rings is 4. The summed E-state index contributed by atoms with van der Waals surface area (Å²) in [4.78, 5) is 35.9. The number of imidazole rings is 1. The normalized spacial score (nSPS) is 17.1. The van der Waals surface area contributed by atoms with E-state index in [1.807, 2.05) is 29.0 Å². The number of hydrogen-bond donors (Lipinski definition) is 0. The van der Waals surface area contributed by atoms with Gasteiger partial charge in [-0.2, -0.15) is 0 Å². The molecule has 2 heterocycles. The molecule has 0 amide bonds. The van der Waals surface area contributed by atoms with Crippen LogP contribution < -0.4 is 14.4 Å². The number of rotatable bonds is 11. The molecule has 1 aliphatic rings. The molecule has 45 heavy (non-hydrogen) atoms. The molecule has 5 aromatic rings. The molecule has 0 spiro atoms. The molecule has 1 aromatic heterocycles. The zero-order valence-corrected chi connectivity index (χ0v) is 25.3. The van der Waals surface area contributed by atoms with Crippen molar-refractivity contribution in [3.63, 3.8) is 0 Å². The van der Waals surface area contributed by atoms with Gasteiger partial charge < -0.3 is 18.8 Å². The lowest BCUT2D eigenvalue weighted by atomic mass is 10.1. The Morgan fingerprint density at radius 2 is 1.58 bits per heavy atom. The second-order valence-electron chi connectivity index (χ2n) is 9.69. The molecule has 1 aliphatic heterocycles. The van der Waals surface area contributed by atoms with Gasteiger partial charge in [0.05, 0.1) is 24.5 Å². The van der Waals surface area contributed by atoms with Crippen molar-refractivity contribution in [2.45, 2.75) is 18.4 Å². The van der Waals surface area contributed by atoms with Gasteiger partial charge in [0.15, 0.2) is 0 Å². The lowest BCUT2D eigenvalue weighted by Crippen LogP contribution is -2.34. The van der Waals surface area contributed by atoms with Crippen LogP contribution >= 0.6 is 23.2 Å². The van der Waals surface area contributed by atoms with Gasteiger partial charge in [0.2, 0.25) is 17.3 Å². The highest BCUT2D eigenvalue weighted by atomic mass is 35.5. The first-order valence-corrected chi connectivity index (χ1v) is 14.5. The first-order chi connectivity index (χ1) is 21.9. The summed E-state index contributed by atoms with van der Waals surface area (Å²) in [5.41, 5.74) is 1.28. The minimum atomic E-state index is -1.09. The number of carbonyl (C=O) groups is 1. The standard InChI is InChI=1S/C21H18Cl2N2O4.C12H10NO3/c22-16-3-6-19(20(23)9-16)21(13-25-8-7-24-14-25)28-12-18(29-21)11-27-17-4-1-15(10-26)2-5-17;14-13(15-11-7-3-1-4-8-11)16-12-9-5-2-6-10-12/h1-10,14,18H,11-13H2;1-10H/q;+1. The Bertz CT molecular complexity index is 1630. The highest BCUT2D eigenvalue weighted by molar-refractivity contribution is 6.35. The van der Waals surface area contributed by atoms with Gasteiger partial charge in [0.1, 0.15) is 29.7 Å². The van der Waals surface area contributed by atoms with E-state index in [4.69, 9.17) is 47.1 Å². The van der Waals surface area contributed by atoms with Crippen molar-refractivity contribution < 1.29 is 33.8 Å². The topological polar surface area (TPSA) is 101 Å². The van der Waals surface area contributed by atoms with Gasteiger partial charge in [0, 0.05) is 28.5 Å². The lowest BCUT2D eigenvalue weighted by Gasteiger charge is -2.30. The van der Waals surface area contributed by atoms with Crippen LogP contribution in [-0.4, -0.2) is 40.2 Å². The Kier molecular flexibility index (Phi) is 10.8. The Labute approximate surface area is 269 Å². The van der Waals surface area contributed by atoms with E-state index >= 15 is 0 Å². The van der Waals surface area contributed by atoms with E-state index in [1.165, 1.54) is 0 Å². The van der Waals surface area contributed by atoms with E-state index in [-0.39, 0.29) is 17.8 Å². The molecule has 2 unspecified atom stereocenters. The highest BCUT2D eigenvalue weighted by Crippen LogP contribution is 2.40. The Hall–Kier alpha value is -4.74. The van der Waals surface area contributed by atoms with Crippen molar-refractivity contribution in [1.82, 2.24) is 9.55 Å². The third-order valence-corrected chi connectivity index (χ3v) is 7.00. The van der Waals surface area contributed by atoms with Crippen LogP contribution in [0.1, 0.15) is 15.9 Å². The SMILES string of the molecule is O=Cc1ccc(OCC2COC(Cn3ccnc3)(c3ccc(Cl)cc3Cl)O2)cc1.O=[N+](Oc1ccccc1)Oc1ccccc1. The number of aromatic nitrogens is 2. The molecular weight excluding hydrogens is 621 g/mol. The fourth-order valence-electron chi connectivity index (χ4n) is 4.36. The summed E-state index contributed by atoms with van der Waals surface area (Å²) in [6, 6.07) is 29.5. The van der Waals surface area contributed by atoms with Crippen LogP contribution in [0.4, 0.5) is 0 Å². The van der Waals surface area contributed by atoms with Crippen molar-refractivity contribution in [1.29, 1.82) is 0 Å². The van der Waals surface area contributed by atoms with Crippen molar-refractivity contribution in [2.24, 2.45) is 0 Å². The summed E-state index contributed by atoms with van der Waals surface area (Å²) in [5, 5.41) is 1.07. The highest BCUT2D eigenvalue weighted by Gasteiger charge is 2.45. The number of ether oxygens (including phenoxy) is 3. The smallest absolute Gasteiger partial charge is 0.489 e. The number of halogens is 2. The van der Waals surface area contributed by atoms with E-state index < -0.39 is 5.79 Å². The van der Waals surface area contributed by atoms with Crippen LogP contribution in [0, 0.1) is 4.91 Å². The summed E-state index contributed by atoms with van der Waals surface area (Å²) in [6.45, 7) is 0.996. The molecule has 12 heteroatoms. The van der Waals surface area contributed by atoms with Crippen LogP contribution in [-0.2, 0) is 21.8 Å². The fraction of sp³-hybridized carbons (Fsp3) is 0.152. The second kappa shape index (κ2) is 15.3. The van der Waals surface area contributed by atoms with Gasteiger partial charge in [0.25, 0.3) is 0 Å². The van der Waals surface area contributed by atoms with Crippen LogP contribution in [0.5, 0.6) is 17.2 Å². The number of hydrogen-bond acceptors (Lipinski definition) is 8. The molecular formula is C33H28Cl2N3O7+. The van der Waals surface area contributed by atoms with Crippen LogP contribution in [0.25, 0.3) is 0 Å². The average molecular weight is 650 g/mol. The van der Waals surface area contributed by atoms with Gasteiger partial charge in [-0.1, -0.05) is 65.7 Å². The van der Waals surface area contributed by atoms with Gasteiger partial charge in [-0.25, -0.2) is 4.98 Å². The first kappa shape index (κ1) is 31.7. The van der Waals surface area contributed by atoms with Crippen LogP contribution in [0.15, 0.2) is 122 Å². The zero-order chi connectivity index (χ0) is 31.5. The molecule has 0 N–H and O–H groups in total. The zero-order valence-electron chi connectivity index (χ0n) is 23.8. The molecule has 2 atom stereocenters. The summed E-state index contributed by atoms with van der Waals surface area (Å²) in [7, 11) is 0. The minimum absolute atomic E-state index is 0.0741. The second-order valence-corrected chi connectivity index (χ2v) is 10.5. The molecule has 1 fully saturated rings. The lowest BCUT2D eigenvalue weighted by molar-refractivity contribution is -0.920. The summed E-state index contributed by atoms with van der Waals surface area (Å²) < 4.78 is 20.1. The van der Waals surface area contributed by atoms with E-state index in [0.717, 1.165) is 6.29 Å². The van der Waals surface area contributed by atoms with Crippen molar-refractivity contribution in [3.8, 4) is 17.2 Å². The summed E-state index contributed by atoms with van der Waals surface area (Å²) >= 11 is 12.5. The fourth-order valence-corrected chi connectivity index (χ4v) is 4.91. The molecule has 0 aliphatic carbocycles. The van der Waals surface area contributed by atoms with E-state index in [0.29, 0.717) is 51.6 Å². The first-order valence-electron chi connectivity index (χ1n) is 13.8. The van der Waals surface area contributed by atoms with Gasteiger partial charge >= 0.3 is 5.09 Å². The Morgan fingerprint density at radius 3 is 2.16 bits per heavy atom. The quantitative estimate of drug-likeness (QED) is 0.110. The monoisotopic (exact) mass is 648 g/mol. The summed E-state index contributed by atoms with van der Waals surface area (Å²) in [5.74, 6) is 0.412. The third kappa shape index (κ3) is 8.90. The molecule has 0 saturated carbocycles. The van der Waals surface area contributed by atoms with Crippen LogP contribution in [0.3, 0.4) is 0 Å². The predicted molar refractivity (Wildman–Crippen MR) is 166 cm³/mol. The Balaban J connectivity index is 0.000000211. The van der Waals surface area contributed by atoms with E-state index in [1.54, 1.807) is 97.5 Å². The molecule has 4 aromatic carbocycles. The van der Waals surface area contributed by atoms with Gasteiger partial charge in [-0.15, -0.1) is 9.68 Å². The largest absolute Gasteiger partial charge is 0.491 e. The summed E-state index contributed by atoms with van der Waals surface area (Å²) in [6.07, 6.45) is 5.69. The maximum absolute atomic E-state index is 11.3. The Morgan fingerprint density at radius 1 is 0.911 bits per heavy atom. The third-order valence-electron chi connectivity index (χ3n) is 6.45. The average Bonchev–Trinajstić information content (AvgIpc) is 3.72. The number of aldehydes is 1. The van der Waals surface area contributed by atoms with Crippen molar-refractivity contribution in [2.75, 3.05) is 13.2 Å². The maximum atomic E-state index is 11.3. The maximum Gasteiger partial charge on any atom is 0.489 e. The van der Waals surface area contributed by atoms with Crippen molar-refractivity contribution >= 4 is 29.5 Å². The number of para-hydroxylation sites is 2. The molecule has 230 valence electrons. The molecule has 0 radical (unpaired) electrons. The van der Waals surface area contributed by atoms with Crippen molar-refractivity contribution in [3.05, 3.63) is 148 Å². The molecule has 10 nitrogen and oxygen atoms in total. The van der Waals surface area contributed by atoms with E-state index in [2.05, 4.69) is 4.98 Å². The van der Waals surface area contributed by atoms with Gasteiger partial charge in [-0.3, -0.25) is 4.79 Å². The van der Waals surface area contributed by atoms with Gasteiger partial charge in [-0.05, 0) is 60.7 Å². The predicted octanol–water partition coefficient (Wildman–Crippen LogP) is 7.10. The van der Waals surface area contributed by atoms with E-state index in [9.17, 15) is 9.70 Å². The minimum Gasteiger partial charge on any atom is -0.491 e. The molecule has 0 bridgehead atoms. The molecule has 6 rings (SSSR count). The number of carbonyl (C=O) groups excluding carboxylic acids is 1. The van der Waals surface area contributed by atoms with Crippen LogP contribution in [0.2, 0.25) is 10.0 Å². The molecule has 1 saturated heterocycles.